The molecule has 1 aliphatic heterocycles. The molecule has 1 aromatic heterocycles. The molecule has 0 aromatic carbocycles. The highest BCUT2D eigenvalue weighted by Gasteiger charge is 2.30. The Labute approximate surface area is 149 Å². The highest BCUT2D eigenvalue weighted by Crippen LogP contribution is 2.28. The summed E-state index contributed by atoms with van der Waals surface area (Å²) in [5.41, 5.74) is 0.518. The third kappa shape index (κ3) is 3.80. The van der Waals surface area contributed by atoms with Crippen LogP contribution < -0.4 is 5.32 Å². The molecule has 2 rings (SSSR count). The molecule has 0 spiro atoms. The Morgan fingerprint density at radius 3 is 2.04 bits per heavy atom. The van der Waals surface area contributed by atoms with Gasteiger partial charge in [-0.3, -0.25) is 14.4 Å². The van der Waals surface area contributed by atoms with E-state index in [1.54, 1.807) is 32.6 Å². The number of piperazine rings is 1. The molecular formula is C16H22BrN3O4. The smallest absolute Gasteiger partial charge is 0.312 e. The van der Waals surface area contributed by atoms with Crippen LogP contribution in [0.3, 0.4) is 0 Å². The summed E-state index contributed by atoms with van der Waals surface area (Å²) in [7, 11) is 0. The Balaban J connectivity index is 1.98. The SMILES string of the molecule is Cc1oc(C)c(C(=O)N2CCN(C(=O)C(=O)NC(C)C)CC2)c1Br. The number of furan rings is 1. The largest absolute Gasteiger partial charge is 0.465 e. The molecule has 0 aliphatic carbocycles. The standard InChI is InChI=1S/C16H22BrN3O4/c1-9(2)18-14(21)16(23)20-7-5-19(6-8-20)15(22)12-10(3)24-11(4)13(12)17/h9H,5-8H2,1-4H3,(H,18,21). The predicted octanol–water partition coefficient (Wildman–Crippen LogP) is 1.47. The molecule has 1 aromatic rings. The minimum atomic E-state index is -0.603. The monoisotopic (exact) mass is 399 g/mol. The summed E-state index contributed by atoms with van der Waals surface area (Å²) in [6, 6.07) is -0.0889. The van der Waals surface area contributed by atoms with Crippen molar-refractivity contribution in [2.75, 3.05) is 26.2 Å². The van der Waals surface area contributed by atoms with Crippen LogP contribution in [0, 0.1) is 13.8 Å². The van der Waals surface area contributed by atoms with Crippen LogP contribution in [-0.4, -0.2) is 59.7 Å². The molecule has 0 atom stereocenters. The van der Waals surface area contributed by atoms with Crippen molar-refractivity contribution in [3.8, 4) is 0 Å². The van der Waals surface area contributed by atoms with Crippen molar-refractivity contribution in [3.05, 3.63) is 21.6 Å². The number of aryl methyl sites for hydroxylation is 2. The average Bonchev–Trinajstić information content (AvgIpc) is 2.78. The van der Waals surface area contributed by atoms with Crippen LogP contribution in [-0.2, 0) is 9.59 Å². The first-order valence-corrected chi connectivity index (χ1v) is 8.66. The van der Waals surface area contributed by atoms with Crippen LogP contribution in [0.1, 0.15) is 35.7 Å². The van der Waals surface area contributed by atoms with Gasteiger partial charge in [0.2, 0.25) is 0 Å². The number of hydrogen-bond acceptors (Lipinski definition) is 4. The Kier molecular flexibility index (Phi) is 5.69. The van der Waals surface area contributed by atoms with Crippen molar-refractivity contribution >= 4 is 33.7 Å². The maximum atomic E-state index is 12.7. The van der Waals surface area contributed by atoms with E-state index in [-0.39, 0.29) is 11.9 Å². The van der Waals surface area contributed by atoms with Gasteiger partial charge in [0.1, 0.15) is 11.5 Å². The zero-order valence-electron chi connectivity index (χ0n) is 14.3. The molecule has 0 bridgehead atoms. The fraction of sp³-hybridized carbons (Fsp3) is 0.562. The normalized spacial score (nSPS) is 14.9. The van der Waals surface area contributed by atoms with Gasteiger partial charge >= 0.3 is 11.8 Å². The van der Waals surface area contributed by atoms with E-state index in [1.165, 1.54) is 4.90 Å². The second kappa shape index (κ2) is 7.38. The summed E-state index contributed by atoms with van der Waals surface area (Å²) in [6.07, 6.45) is 0. The molecule has 0 unspecified atom stereocenters. The van der Waals surface area contributed by atoms with Gasteiger partial charge in [0, 0.05) is 32.2 Å². The molecule has 0 saturated carbocycles. The first kappa shape index (κ1) is 18.5. The van der Waals surface area contributed by atoms with E-state index < -0.39 is 11.8 Å². The van der Waals surface area contributed by atoms with Crippen LogP contribution in [0.2, 0.25) is 0 Å². The third-order valence-corrected chi connectivity index (χ3v) is 4.82. The highest BCUT2D eigenvalue weighted by molar-refractivity contribution is 9.10. The summed E-state index contributed by atoms with van der Waals surface area (Å²) in [4.78, 5) is 39.7. The lowest BCUT2D eigenvalue weighted by atomic mass is 10.2. The maximum absolute atomic E-state index is 12.7. The second-order valence-corrected chi connectivity index (χ2v) is 6.91. The fourth-order valence-electron chi connectivity index (χ4n) is 2.64. The van der Waals surface area contributed by atoms with E-state index >= 15 is 0 Å². The van der Waals surface area contributed by atoms with Crippen molar-refractivity contribution in [1.82, 2.24) is 15.1 Å². The van der Waals surface area contributed by atoms with Crippen LogP contribution in [0.15, 0.2) is 8.89 Å². The fourth-order valence-corrected chi connectivity index (χ4v) is 3.17. The lowest BCUT2D eigenvalue weighted by molar-refractivity contribution is -0.147. The lowest BCUT2D eigenvalue weighted by Crippen LogP contribution is -2.54. The van der Waals surface area contributed by atoms with Crippen LogP contribution in [0.25, 0.3) is 0 Å². The minimum Gasteiger partial charge on any atom is -0.465 e. The molecule has 1 fully saturated rings. The molecule has 8 heteroatoms. The van der Waals surface area contributed by atoms with Gasteiger partial charge in [-0.25, -0.2) is 0 Å². The number of hydrogen-bond donors (Lipinski definition) is 1. The van der Waals surface area contributed by atoms with Crippen LogP contribution in [0.4, 0.5) is 0 Å². The summed E-state index contributed by atoms with van der Waals surface area (Å²) < 4.78 is 6.14. The number of amides is 3. The first-order chi connectivity index (χ1) is 11.2. The zero-order chi connectivity index (χ0) is 18.0. The van der Waals surface area contributed by atoms with E-state index in [0.717, 1.165) is 0 Å². The summed E-state index contributed by atoms with van der Waals surface area (Å²) in [6.45, 7) is 8.58. The molecule has 0 radical (unpaired) electrons. The summed E-state index contributed by atoms with van der Waals surface area (Å²) >= 11 is 3.39. The Hall–Kier alpha value is -1.83. The van der Waals surface area contributed by atoms with Gasteiger partial charge in [0.15, 0.2) is 0 Å². The first-order valence-electron chi connectivity index (χ1n) is 7.87. The van der Waals surface area contributed by atoms with Crippen LogP contribution in [0.5, 0.6) is 0 Å². The number of carbonyl (C=O) groups is 3. The third-order valence-electron chi connectivity index (χ3n) is 3.87. The Morgan fingerprint density at radius 1 is 1.04 bits per heavy atom. The number of nitrogens with zero attached hydrogens (tertiary/aromatic N) is 2. The van der Waals surface area contributed by atoms with Crippen molar-refractivity contribution in [3.63, 3.8) is 0 Å². The molecular weight excluding hydrogens is 378 g/mol. The van der Waals surface area contributed by atoms with E-state index in [0.29, 0.717) is 47.7 Å². The quantitative estimate of drug-likeness (QED) is 0.763. The van der Waals surface area contributed by atoms with Gasteiger partial charge in [-0.1, -0.05) is 0 Å². The van der Waals surface area contributed by atoms with Crippen LogP contribution >= 0.6 is 15.9 Å². The van der Waals surface area contributed by atoms with Crippen molar-refractivity contribution < 1.29 is 18.8 Å². The predicted molar refractivity (Wildman–Crippen MR) is 91.6 cm³/mol. The van der Waals surface area contributed by atoms with Gasteiger partial charge in [-0.2, -0.15) is 0 Å². The number of rotatable bonds is 2. The number of carbonyl (C=O) groups excluding carboxylic acids is 3. The Morgan fingerprint density at radius 2 is 1.58 bits per heavy atom. The molecule has 1 N–H and O–H groups in total. The van der Waals surface area contributed by atoms with Crippen molar-refractivity contribution in [2.24, 2.45) is 0 Å². The molecule has 3 amide bonds. The van der Waals surface area contributed by atoms with Crippen molar-refractivity contribution in [2.45, 2.75) is 33.7 Å². The second-order valence-electron chi connectivity index (χ2n) is 6.12. The van der Waals surface area contributed by atoms with Gasteiger partial charge in [0.25, 0.3) is 5.91 Å². The van der Waals surface area contributed by atoms with E-state index in [4.69, 9.17) is 4.42 Å². The number of halogens is 1. The van der Waals surface area contributed by atoms with E-state index in [9.17, 15) is 14.4 Å². The summed E-state index contributed by atoms with van der Waals surface area (Å²) in [5, 5.41) is 2.59. The molecule has 1 aliphatic rings. The van der Waals surface area contributed by atoms with Crippen molar-refractivity contribution in [1.29, 1.82) is 0 Å². The molecule has 1 saturated heterocycles. The maximum Gasteiger partial charge on any atom is 0.312 e. The van der Waals surface area contributed by atoms with Gasteiger partial charge in [-0.05, 0) is 43.6 Å². The zero-order valence-corrected chi connectivity index (χ0v) is 15.9. The molecule has 132 valence electrons. The molecule has 7 nitrogen and oxygen atoms in total. The average molecular weight is 400 g/mol. The topological polar surface area (TPSA) is 82.9 Å². The van der Waals surface area contributed by atoms with Gasteiger partial charge in [-0.15, -0.1) is 0 Å². The van der Waals surface area contributed by atoms with E-state index in [1.807, 2.05) is 0 Å². The minimum absolute atomic E-state index is 0.0889. The van der Waals surface area contributed by atoms with E-state index in [2.05, 4.69) is 21.2 Å². The highest BCUT2D eigenvalue weighted by atomic mass is 79.9. The molecule has 2 heterocycles. The van der Waals surface area contributed by atoms with Gasteiger partial charge in [0.05, 0.1) is 10.0 Å². The number of nitrogens with one attached hydrogen (secondary N) is 1. The summed E-state index contributed by atoms with van der Waals surface area (Å²) in [5.74, 6) is -0.0506. The molecule has 24 heavy (non-hydrogen) atoms. The van der Waals surface area contributed by atoms with Gasteiger partial charge < -0.3 is 19.5 Å². The lowest BCUT2D eigenvalue weighted by Gasteiger charge is -2.34. The Bertz CT molecular complexity index is 661.